The Bertz CT molecular complexity index is 511. The molecule has 0 bridgehead atoms. The number of benzene rings is 1. The Labute approximate surface area is 116 Å². The monoisotopic (exact) mass is 278 g/mol. The SMILES string of the molecule is CC(O)(CO)CNCc1nc(-c2ccccc2)cs1. The van der Waals surface area contributed by atoms with Crippen LogP contribution in [-0.4, -0.2) is 33.9 Å². The van der Waals surface area contributed by atoms with Gasteiger partial charge in [0.25, 0.3) is 0 Å². The van der Waals surface area contributed by atoms with Crippen molar-refractivity contribution in [2.75, 3.05) is 13.2 Å². The molecule has 3 N–H and O–H groups in total. The lowest BCUT2D eigenvalue weighted by molar-refractivity contribution is 0.00254. The van der Waals surface area contributed by atoms with Crippen LogP contribution in [0.25, 0.3) is 11.3 Å². The van der Waals surface area contributed by atoms with E-state index < -0.39 is 5.60 Å². The highest BCUT2D eigenvalue weighted by Gasteiger charge is 2.18. The van der Waals surface area contributed by atoms with E-state index in [4.69, 9.17) is 5.11 Å². The summed E-state index contributed by atoms with van der Waals surface area (Å²) in [6, 6.07) is 10.0. The average molecular weight is 278 g/mol. The summed E-state index contributed by atoms with van der Waals surface area (Å²) in [7, 11) is 0. The van der Waals surface area contributed by atoms with Crippen LogP contribution in [0.3, 0.4) is 0 Å². The Morgan fingerprint density at radius 3 is 2.74 bits per heavy atom. The third-order valence-corrected chi connectivity index (χ3v) is 3.59. The van der Waals surface area contributed by atoms with Crippen molar-refractivity contribution < 1.29 is 10.2 Å². The van der Waals surface area contributed by atoms with Gasteiger partial charge in [-0.2, -0.15) is 0 Å². The lowest BCUT2D eigenvalue weighted by atomic mass is 10.1. The number of aromatic nitrogens is 1. The van der Waals surface area contributed by atoms with E-state index in [0.29, 0.717) is 13.1 Å². The predicted octanol–water partition coefficient (Wildman–Crippen LogP) is 1.64. The number of aliphatic hydroxyl groups excluding tert-OH is 1. The Hall–Kier alpha value is -1.27. The lowest BCUT2D eigenvalue weighted by Gasteiger charge is -2.20. The topological polar surface area (TPSA) is 65.4 Å². The molecule has 1 atom stereocenters. The third kappa shape index (κ3) is 4.11. The van der Waals surface area contributed by atoms with Crippen LogP contribution in [0.1, 0.15) is 11.9 Å². The largest absolute Gasteiger partial charge is 0.393 e. The minimum absolute atomic E-state index is 0.257. The molecule has 2 aromatic rings. The molecule has 0 saturated heterocycles. The van der Waals surface area contributed by atoms with Crippen LogP contribution < -0.4 is 5.32 Å². The molecule has 1 aromatic carbocycles. The van der Waals surface area contributed by atoms with E-state index >= 15 is 0 Å². The minimum Gasteiger partial charge on any atom is -0.393 e. The normalized spacial score (nSPS) is 14.3. The van der Waals surface area contributed by atoms with Crippen molar-refractivity contribution in [3.05, 3.63) is 40.7 Å². The summed E-state index contributed by atoms with van der Waals surface area (Å²) in [6.07, 6.45) is 0. The number of thiazole rings is 1. The molecule has 0 aliphatic rings. The van der Waals surface area contributed by atoms with Crippen LogP contribution in [0.2, 0.25) is 0 Å². The molecule has 4 nitrogen and oxygen atoms in total. The van der Waals surface area contributed by atoms with Crippen molar-refractivity contribution in [2.24, 2.45) is 0 Å². The van der Waals surface area contributed by atoms with Gasteiger partial charge in [0, 0.05) is 24.0 Å². The number of aliphatic hydroxyl groups is 2. The van der Waals surface area contributed by atoms with Crippen LogP contribution in [0.15, 0.2) is 35.7 Å². The predicted molar refractivity (Wildman–Crippen MR) is 77.0 cm³/mol. The fourth-order valence-corrected chi connectivity index (χ4v) is 2.40. The third-order valence-electron chi connectivity index (χ3n) is 2.74. The van der Waals surface area contributed by atoms with E-state index in [1.807, 2.05) is 35.7 Å². The van der Waals surface area contributed by atoms with Crippen molar-refractivity contribution in [3.63, 3.8) is 0 Å². The molecule has 1 heterocycles. The zero-order chi connectivity index (χ0) is 13.7. The first-order valence-electron chi connectivity index (χ1n) is 6.14. The minimum atomic E-state index is -1.08. The molecule has 0 aliphatic heterocycles. The second kappa shape index (κ2) is 6.25. The van der Waals surface area contributed by atoms with Gasteiger partial charge in [0.2, 0.25) is 0 Å². The standard InChI is InChI=1S/C14H18N2O2S/c1-14(18,10-17)9-15-7-13-16-12(8-19-13)11-5-3-2-4-6-11/h2-6,8,15,17-18H,7,9-10H2,1H3. The molecule has 0 saturated carbocycles. The van der Waals surface area contributed by atoms with Gasteiger partial charge in [-0.25, -0.2) is 4.98 Å². The fraction of sp³-hybridized carbons (Fsp3) is 0.357. The van der Waals surface area contributed by atoms with Crippen molar-refractivity contribution in [1.82, 2.24) is 10.3 Å². The van der Waals surface area contributed by atoms with Gasteiger partial charge in [-0.15, -0.1) is 11.3 Å². The molecule has 5 heteroatoms. The summed E-state index contributed by atoms with van der Waals surface area (Å²) in [5.74, 6) is 0. The molecule has 0 spiro atoms. The molecule has 1 unspecified atom stereocenters. The molecule has 2 rings (SSSR count). The summed E-state index contributed by atoms with van der Waals surface area (Å²) in [6.45, 7) is 2.27. The van der Waals surface area contributed by atoms with Crippen LogP contribution in [-0.2, 0) is 6.54 Å². The maximum Gasteiger partial charge on any atom is 0.107 e. The molecular formula is C14H18N2O2S. The smallest absolute Gasteiger partial charge is 0.107 e. The van der Waals surface area contributed by atoms with Crippen molar-refractivity contribution in [2.45, 2.75) is 19.1 Å². The molecule has 1 aromatic heterocycles. The number of nitrogens with one attached hydrogen (secondary N) is 1. The second-order valence-electron chi connectivity index (χ2n) is 4.75. The van der Waals surface area contributed by atoms with Crippen molar-refractivity contribution in [1.29, 1.82) is 0 Å². The summed E-state index contributed by atoms with van der Waals surface area (Å²) in [4.78, 5) is 4.54. The summed E-state index contributed by atoms with van der Waals surface area (Å²) >= 11 is 1.58. The fourth-order valence-electron chi connectivity index (χ4n) is 1.63. The number of hydrogen-bond donors (Lipinski definition) is 3. The summed E-state index contributed by atoms with van der Waals surface area (Å²) in [5, 5.41) is 24.7. The zero-order valence-corrected chi connectivity index (χ0v) is 11.7. The van der Waals surface area contributed by atoms with Gasteiger partial charge in [-0.05, 0) is 6.92 Å². The Balaban J connectivity index is 1.92. The van der Waals surface area contributed by atoms with E-state index in [0.717, 1.165) is 16.3 Å². The van der Waals surface area contributed by atoms with Crippen LogP contribution >= 0.6 is 11.3 Å². The van der Waals surface area contributed by atoms with E-state index in [1.54, 1.807) is 18.3 Å². The number of rotatable bonds is 6. The molecule has 19 heavy (non-hydrogen) atoms. The highest BCUT2D eigenvalue weighted by Crippen LogP contribution is 2.21. The highest BCUT2D eigenvalue weighted by atomic mass is 32.1. The van der Waals surface area contributed by atoms with E-state index in [-0.39, 0.29) is 6.61 Å². The molecule has 0 radical (unpaired) electrons. The zero-order valence-electron chi connectivity index (χ0n) is 10.8. The van der Waals surface area contributed by atoms with Gasteiger partial charge in [0.05, 0.1) is 17.9 Å². The van der Waals surface area contributed by atoms with Crippen LogP contribution in [0.5, 0.6) is 0 Å². The van der Waals surface area contributed by atoms with Crippen LogP contribution in [0.4, 0.5) is 0 Å². The summed E-state index contributed by atoms with van der Waals surface area (Å²) in [5.41, 5.74) is 0.989. The molecular weight excluding hydrogens is 260 g/mol. The van der Waals surface area contributed by atoms with Gasteiger partial charge in [0.1, 0.15) is 5.01 Å². The first-order valence-corrected chi connectivity index (χ1v) is 7.02. The first-order chi connectivity index (χ1) is 9.11. The number of nitrogens with zero attached hydrogens (tertiary/aromatic N) is 1. The molecule has 0 amide bonds. The van der Waals surface area contributed by atoms with E-state index in [1.165, 1.54) is 0 Å². The van der Waals surface area contributed by atoms with Crippen molar-refractivity contribution in [3.8, 4) is 11.3 Å². The van der Waals surface area contributed by atoms with Gasteiger partial charge in [-0.3, -0.25) is 0 Å². The molecule has 102 valence electrons. The van der Waals surface area contributed by atoms with Gasteiger partial charge >= 0.3 is 0 Å². The Morgan fingerprint density at radius 2 is 2.05 bits per heavy atom. The molecule has 0 fully saturated rings. The molecule has 0 aliphatic carbocycles. The van der Waals surface area contributed by atoms with Crippen LogP contribution in [0, 0.1) is 0 Å². The van der Waals surface area contributed by atoms with Gasteiger partial charge in [0.15, 0.2) is 0 Å². The lowest BCUT2D eigenvalue weighted by Crippen LogP contribution is -2.40. The van der Waals surface area contributed by atoms with E-state index in [9.17, 15) is 5.11 Å². The quantitative estimate of drug-likeness (QED) is 0.751. The van der Waals surface area contributed by atoms with Gasteiger partial charge < -0.3 is 15.5 Å². The average Bonchev–Trinajstić information content (AvgIpc) is 2.88. The first kappa shape index (κ1) is 14.1. The van der Waals surface area contributed by atoms with Gasteiger partial charge in [-0.1, -0.05) is 30.3 Å². The maximum atomic E-state index is 9.65. The Kier molecular flexibility index (Phi) is 4.66. The Morgan fingerprint density at radius 1 is 1.32 bits per heavy atom. The summed E-state index contributed by atoms with van der Waals surface area (Å²) < 4.78 is 0. The highest BCUT2D eigenvalue weighted by molar-refractivity contribution is 7.09. The number of hydrogen-bond acceptors (Lipinski definition) is 5. The van der Waals surface area contributed by atoms with Crippen molar-refractivity contribution >= 4 is 11.3 Å². The second-order valence-corrected chi connectivity index (χ2v) is 5.69. The maximum absolute atomic E-state index is 9.65. The van der Waals surface area contributed by atoms with E-state index in [2.05, 4.69) is 10.3 Å².